The number of methoxy groups -OCH3 is 1. The van der Waals surface area contributed by atoms with Gasteiger partial charge in [-0.15, -0.1) is 0 Å². The van der Waals surface area contributed by atoms with Gasteiger partial charge in [0.15, 0.2) is 5.96 Å². The van der Waals surface area contributed by atoms with Crippen molar-refractivity contribution in [2.45, 2.75) is 71.4 Å². The summed E-state index contributed by atoms with van der Waals surface area (Å²) in [5.41, 5.74) is -0.165. The minimum atomic E-state index is -0.165. The first kappa shape index (κ1) is 20.2. The van der Waals surface area contributed by atoms with E-state index in [-0.39, 0.29) is 5.60 Å². The largest absolute Gasteiger partial charge is 0.381 e. The van der Waals surface area contributed by atoms with Gasteiger partial charge in [-0.1, -0.05) is 26.7 Å². The molecule has 0 spiro atoms. The molecule has 1 rings (SSSR count). The summed E-state index contributed by atoms with van der Waals surface area (Å²) in [5, 5.41) is 6.87. The van der Waals surface area contributed by atoms with Crippen molar-refractivity contribution in [1.82, 2.24) is 10.6 Å². The molecule has 0 aromatic carbocycles. The molecule has 1 unspecified atom stereocenters. The molecule has 0 saturated carbocycles. The van der Waals surface area contributed by atoms with Crippen LogP contribution in [0.15, 0.2) is 4.99 Å². The van der Waals surface area contributed by atoms with Gasteiger partial charge in [-0.2, -0.15) is 0 Å². The smallest absolute Gasteiger partial charge is 0.191 e. The summed E-state index contributed by atoms with van der Waals surface area (Å²) in [5.74, 6) is 1.67. The Bertz CT molecular complexity index is 339. The number of hydrogen-bond donors (Lipinski definition) is 2. The Kier molecular flexibility index (Phi) is 9.56. The second-order valence-corrected chi connectivity index (χ2v) is 7.06. The van der Waals surface area contributed by atoms with Crippen molar-refractivity contribution >= 4 is 5.96 Å². The van der Waals surface area contributed by atoms with Crippen molar-refractivity contribution < 1.29 is 9.47 Å². The Morgan fingerprint density at radius 1 is 1.22 bits per heavy atom. The van der Waals surface area contributed by atoms with Crippen LogP contribution in [0.5, 0.6) is 0 Å². The van der Waals surface area contributed by atoms with E-state index in [9.17, 15) is 0 Å². The molecular formula is C18H37N3O2. The van der Waals surface area contributed by atoms with Crippen molar-refractivity contribution in [1.29, 1.82) is 0 Å². The first-order valence-electron chi connectivity index (χ1n) is 9.19. The lowest BCUT2D eigenvalue weighted by Crippen LogP contribution is -2.45. The monoisotopic (exact) mass is 327 g/mol. The van der Waals surface area contributed by atoms with Crippen LogP contribution in [0.4, 0.5) is 0 Å². The third kappa shape index (κ3) is 8.02. The van der Waals surface area contributed by atoms with E-state index < -0.39 is 0 Å². The van der Waals surface area contributed by atoms with Crippen molar-refractivity contribution in [3.63, 3.8) is 0 Å². The summed E-state index contributed by atoms with van der Waals surface area (Å²) in [6.45, 7) is 12.0. The molecule has 0 radical (unpaired) electrons. The van der Waals surface area contributed by atoms with Gasteiger partial charge >= 0.3 is 0 Å². The highest BCUT2D eigenvalue weighted by Gasteiger charge is 2.32. The number of nitrogens with zero attached hydrogens (tertiary/aromatic N) is 1. The topological polar surface area (TPSA) is 54.9 Å². The number of rotatable bonds is 9. The fourth-order valence-corrected chi connectivity index (χ4v) is 2.85. The van der Waals surface area contributed by atoms with E-state index in [1.54, 1.807) is 7.11 Å². The van der Waals surface area contributed by atoms with E-state index in [1.165, 1.54) is 19.3 Å². The van der Waals surface area contributed by atoms with Gasteiger partial charge < -0.3 is 20.1 Å². The van der Waals surface area contributed by atoms with Crippen molar-refractivity contribution in [3.05, 3.63) is 0 Å². The van der Waals surface area contributed by atoms with Gasteiger partial charge in [-0.05, 0) is 26.2 Å². The van der Waals surface area contributed by atoms with Gasteiger partial charge in [0, 0.05) is 45.8 Å². The number of aliphatic imine (C=N–C) groups is 1. The van der Waals surface area contributed by atoms with Crippen LogP contribution < -0.4 is 10.6 Å². The molecule has 0 amide bonds. The van der Waals surface area contributed by atoms with Crippen molar-refractivity contribution in [2.75, 3.05) is 33.4 Å². The zero-order valence-corrected chi connectivity index (χ0v) is 15.8. The number of hydrogen-bond acceptors (Lipinski definition) is 3. The zero-order valence-electron chi connectivity index (χ0n) is 15.8. The van der Waals surface area contributed by atoms with Gasteiger partial charge in [0.1, 0.15) is 0 Å². The normalized spacial score (nSPS) is 19.7. The average Bonchev–Trinajstić information content (AvgIpc) is 2.53. The molecule has 1 aliphatic heterocycles. The van der Waals surface area contributed by atoms with E-state index in [4.69, 9.17) is 14.5 Å². The minimum absolute atomic E-state index is 0.165. The van der Waals surface area contributed by atoms with E-state index in [1.807, 2.05) is 0 Å². The second-order valence-electron chi connectivity index (χ2n) is 7.06. The molecule has 136 valence electrons. The first-order chi connectivity index (χ1) is 11.0. The summed E-state index contributed by atoms with van der Waals surface area (Å²) in [4.78, 5) is 4.78. The second kappa shape index (κ2) is 10.9. The maximum absolute atomic E-state index is 5.76. The van der Waals surface area contributed by atoms with E-state index >= 15 is 0 Å². The van der Waals surface area contributed by atoms with E-state index in [0.717, 1.165) is 44.5 Å². The predicted octanol–water partition coefficient (Wildman–Crippen LogP) is 2.95. The summed E-state index contributed by atoms with van der Waals surface area (Å²) in [6, 6.07) is 0.430. The highest BCUT2D eigenvalue weighted by molar-refractivity contribution is 5.80. The molecule has 1 fully saturated rings. The fourth-order valence-electron chi connectivity index (χ4n) is 2.85. The van der Waals surface area contributed by atoms with Gasteiger partial charge in [0.05, 0.1) is 12.1 Å². The Hall–Kier alpha value is -0.810. The SMILES string of the molecule is CCNC(=NCC1(OC)CCOCC1)NC(C)CCCC(C)C. The summed E-state index contributed by atoms with van der Waals surface area (Å²) >= 11 is 0. The molecule has 1 saturated heterocycles. The molecule has 0 aliphatic carbocycles. The van der Waals surface area contributed by atoms with Crippen LogP contribution in [-0.2, 0) is 9.47 Å². The Morgan fingerprint density at radius 3 is 2.48 bits per heavy atom. The maximum atomic E-state index is 5.76. The standard InChI is InChI=1S/C18H37N3O2/c1-6-19-17(21-16(4)9-7-8-15(2)3)20-14-18(22-5)10-12-23-13-11-18/h15-16H,6-14H2,1-5H3,(H2,19,20,21). The molecule has 0 bridgehead atoms. The van der Waals surface area contributed by atoms with Crippen LogP contribution in [-0.4, -0.2) is 51.0 Å². The molecule has 1 atom stereocenters. The van der Waals surface area contributed by atoms with Crippen LogP contribution >= 0.6 is 0 Å². The molecule has 5 nitrogen and oxygen atoms in total. The number of nitrogens with one attached hydrogen (secondary N) is 2. The van der Waals surface area contributed by atoms with Crippen LogP contribution in [0.2, 0.25) is 0 Å². The molecular weight excluding hydrogens is 290 g/mol. The average molecular weight is 328 g/mol. The number of ether oxygens (including phenoxy) is 2. The lowest BCUT2D eigenvalue weighted by molar-refractivity contribution is -0.0828. The fraction of sp³-hybridized carbons (Fsp3) is 0.944. The number of guanidine groups is 1. The molecule has 5 heteroatoms. The maximum Gasteiger partial charge on any atom is 0.191 e. The lowest BCUT2D eigenvalue weighted by Gasteiger charge is -2.34. The van der Waals surface area contributed by atoms with Crippen LogP contribution in [0, 0.1) is 5.92 Å². The van der Waals surface area contributed by atoms with Crippen LogP contribution in [0.1, 0.15) is 59.8 Å². The van der Waals surface area contributed by atoms with Gasteiger partial charge in [-0.3, -0.25) is 4.99 Å². The van der Waals surface area contributed by atoms with Crippen molar-refractivity contribution in [3.8, 4) is 0 Å². The van der Waals surface area contributed by atoms with E-state index in [0.29, 0.717) is 12.6 Å². The van der Waals surface area contributed by atoms with Crippen molar-refractivity contribution in [2.24, 2.45) is 10.9 Å². The molecule has 23 heavy (non-hydrogen) atoms. The third-order valence-corrected chi connectivity index (χ3v) is 4.51. The molecule has 2 N–H and O–H groups in total. The zero-order chi connectivity index (χ0) is 17.1. The Balaban J connectivity index is 2.51. The van der Waals surface area contributed by atoms with Gasteiger partial charge in [0.2, 0.25) is 0 Å². The van der Waals surface area contributed by atoms with Crippen LogP contribution in [0.25, 0.3) is 0 Å². The quantitative estimate of drug-likeness (QED) is 0.505. The molecule has 0 aromatic heterocycles. The highest BCUT2D eigenvalue weighted by atomic mass is 16.5. The molecule has 1 aliphatic rings. The summed E-state index contributed by atoms with van der Waals surface area (Å²) in [7, 11) is 1.79. The summed E-state index contributed by atoms with van der Waals surface area (Å²) in [6.07, 6.45) is 5.54. The van der Waals surface area contributed by atoms with E-state index in [2.05, 4.69) is 38.3 Å². The van der Waals surface area contributed by atoms with Gasteiger partial charge in [0.25, 0.3) is 0 Å². The van der Waals surface area contributed by atoms with Crippen LogP contribution in [0.3, 0.4) is 0 Å². The predicted molar refractivity (Wildman–Crippen MR) is 97.1 cm³/mol. The first-order valence-corrected chi connectivity index (χ1v) is 9.19. The lowest BCUT2D eigenvalue weighted by atomic mass is 9.94. The Morgan fingerprint density at radius 2 is 1.91 bits per heavy atom. The third-order valence-electron chi connectivity index (χ3n) is 4.51. The van der Waals surface area contributed by atoms with Gasteiger partial charge in [-0.25, -0.2) is 0 Å². The summed E-state index contributed by atoms with van der Waals surface area (Å²) < 4.78 is 11.2. The molecule has 0 aromatic rings. The highest BCUT2D eigenvalue weighted by Crippen LogP contribution is 2.24. The molecule has 1 heterocycles. The Labute approximate surface area is 142 Å². The minimum Gasteiger partial charge on any atom is -0.381 e.